The van der Waals surface area contributed by atoms with Crippen LogP contribution in [0.25, 0.3) is 0 Å². The molecule has 0 spiro atoms. The number of hydrogen-bond acceptors (Lipinski definition) is 3. The first-order valence-corrected chi connectivity index (χ1v) is 7.32. The van der Waals surface area contributed by atoms with Crippen molar-refractivity contribution in [2.24, 2.45) is 0 Å². The monoisotopic (exact) mass is 295 g/mol. The van der Waals surface area contributed by atoms with Gasteiger partial charge < -0.3 is 14.8 Å². The molecule has 5 heteroatoms. The number of carbonyl (C=O) groups excluding carboxylic acids is 1. The van der Waals surface area contributed by atoms with Crippen LogP contribution in [0.2, 0.25) is 0 Å². The number of ether oxygens (including phenoxy) is 2. The standard InChI is InChI=1S/C16H22FNO3/c1-11-8-13(5-6-15(11)17)9-18-16(19)12(2)21-10-14-4-3-7-20-14/h5-6,8,12,14H,3-4,7,9-10H2,1-2H3,(H,18,19)/t12-,14+/m0/s1. The Labute approximate surface area is 124 Å². The quantitative estimate of drug-likeness (QED) is 0.876. The van der Waals surface area contributed by atoms with Crippen molar-refractivity contribution in [3.05, 3.63) is 35.1 Å². The summed E-state index contributed by atoms with van der Waals surface area (Å²) in [5, 5.41) is 2.79. The summed E-state index contributed by atoms with van der Waals surface area (Å²) in [6.45, 7) is 5.02. The van der Waals surface area contributed by atoms with Gasteiger partial charge in [0.05, 0.1) is 12.7 Å². The van der Waals surface area contributed by atoms with Crippen LogP contribution in [-0.2, 0) is 20.8 Å². The molecule has 0 unspecified atom stereocenters. The highest BCUT2D eigenvalue weighted by Gasteiger charge is 2.19. The molecular formula is C16H22FNO3. The molecule has 0 saturated carbocycles. The number of aryl methyl sites for hydroxylation is 1. The molecule has 1 aliphatic rings. The second-order valence-electron chi connectivity index (χ2n) is 5.41. The van der Waals surface area contributed by atoms with Gasteiger partial charge in [0.2, 0.25) is 5.91 Å². The minimum Gasteiger partial charge on any atom is -0.376 e. The van der Waals surface area contributed by atoms with Crippen molar-refractivity contribution in [3.63, 3.8) is 0 Å². The molecule has 1 aliphatic heterocycles. The Kier molecular flexibility index (Phi) is 5.70. The van der Waals surface area contributed by atoms with Gasteiger partial charge in [-0.25, -0.2) is 4.39 Å². The van der Waals surface area contributed by atoms with Crippen molar-refractivity contribution in [2.75, 3.05) is 13.2 Å². The summed E-state index contributed by atoms with van der Waals surface area (Å²) in [6.07, 6.45) is 1.64. The Morgan fingerprint density at radius 2 is 2.38 bits per heavy atom. The Bertz CT molecular complexity index is 486. The van der Waals surface area contributed by atoms with Crippen LogP contribution >= 0.6 is 0 Å². The molecule has 1 N–H and O–H groups in total. The molecule has 1 saturated heterocycles. The van der Waals surface area contributed by atoms with E-state index in [9.17, 15) is 9.18 Å². The van der Waals surface area contributed by atoms with Crippen LogP contribution in [0.4, 0.5) is 4.39 Å². The van der Waals surface area contributed by atoms with Gasteiger partial charge in [0.1, 0.15) is 11.9 Å². The van der Waals surface area contributed by atoms with E-state index < -0.39 is 6.10 Å². The lowest BCUT2D eigenvalue weighted by Gasteiger charge is -2.16. The van der Waals surface area contributed by atoms with Gasteiger partial charge in [0, 0.05) is 13.2 Å². The van der Waals surface area contributed by atoms with E-state index in [4.69, 9.17) is 9.47 Å². The zero-order valence-corrected chi connectivity index (χ0v) is 12.5. The molecule has 0 radical (unpaired) electrons. The van der Waals surface area contributed by atoms with Crippen LogP contribution < -0.4 is 5.32 Å². The summed E-state index contributed by atoms with van der Waals surface area (Å²) in [4.78, 5) is 11.9. The fourth-order valence-corrected chi connectivity index (χ4v) is 2.25. The molecule has 4 nitrogen and oxygen atoms in total. The third-order valence-corrected chi connectivity index (χ3v) is 3.61. The Hall–Kier alpha value is -1.46. The van der Waals surface area contributed by atoms with Crippen LogP contribution in [0.5, 0.6) is 0 Å². The second-order valence-corrected chi connectivity index (χ2v) is 5.41. The predicted molar refractivity (Wildman–Crippen MR) is 77.4 cm³/mol. The Morgan fingerprint density at radius 1 is 1.57 bits per heavy atom. The molecule has 21 heavy (non-hydrogen) atoms. The van der Waals surface area contributed by atoms with Crippen molar-refractivity contribution >= 4 is 5.91 Å². The van der Waals surface area contributed by atoms with Crippen LogP contribution in [0.15, 0.2) is 18.2 Å². The molecular weight excluding hydrogens is 273 g/mol. The number of halogens is 1. The summed E-state index contributed by atoms with van der Waals surface area (Å²) in [7, 11) is 0. The summed E-state index contributed by atoms with van der Waals surface area (Å²) in [6, 6.07) is 4.81. The van der Waals surface area contributed by atoms with Gasteiger partial charge in [0.25, 0.3) is 0 Å². The summed E-state index contributed by atoms with van der Waals surface area (Å²) >= 11 is 0. The zero-order valence-electron chi connectivity index (χ0n) is 12.5. The first kappa shape index (κ1) is 15.9. The van der Waals surface area contributed by atoms with E-state index in [1.807, 2.05) is 0 Å². The Balaban J connectivity index is 1.73. The molecule has 2 rings (SSSR count). The fourth-order valence-electron chi connectivity index (χ4n) is 2.25. The van der Waals surface area contributed by atoms with Gasteiger partial charge in [-0.1, -0.05) is 12.1 Å². The molecule has 0 aromatic heterocycles. The van der Waals surface area contributed by atoms with Gasteiger partial charge in [-0.3, -0.25) is 4.79 Å². The van der Waals surface area contributed by atoms with Crippen molar-refractivity contribution in [1.82, 2.24) is 5.32 Å². The van der Waals surface area contributed by atoms with Crippen LogP contribution in [0, 0.1) is 12.7 Å². The maximum Gasteiger partial charge on any atom is 0.249 e. The molecule has 0 aliphatic carbocycles. The van der Waals surface area contributed by atoms with Crippen molar-refractivity contribution < 1.29 is 18.7 Å². The number of benzene rings is 1. The van der Waals surface area contributed by atoms with Crippen molar-refractivity contribution in [1.29, 1.82) is 0 Å². The zero-order chi connectivity index (χ0) is 15.2. The second kappa shape index (κ2) is 7.52. The number of nitrogens with one attached hydrogen (secondary N) is 1. The van der Waals surface area contributed by atoms with E-state index in [1.165, 1.54) is 6.07 Å². The van der Waals surface area contributed by atoms with E-state index in [-0.39, 0.29) is 17.8 Å². The van der Waals surface area contributed by atoms with Gasteiger partial charge in [-0.15, -0.1) is 0 Å². The average molecular weight is 295 g/mol. The van der Waals surface area contributed by atoms with Gasteiger partial charge >= 0.3 is 0 Å². The van der Waals surface area contributed by atoms with E-state index in [2.05, 4.69) is 5.32 Å². The molecule has 1 aromatic carbocycles. The van der Waals surface area contributed by atoms with Crippen molar-refractivity contribution in [3.8, 4) is 0 Å². The maximum atomic E-state index is 13.2. The largest absolute Gasteiger partial charge is 0.376 e. The molecule has 0 bridgehead atoms. The highest BCUT2D eigenvalue weighted by Crippen LogP contribution is 2.13. The Morgan fingerprint density at radius 3 is 3.05 bits per heavy atom. The predicted octanol–water partition coefficient (Wildman–Crippen LogP) is 2.33. The third kappa shape index (κ3) is 4.79. The number of rotatable bonds is 6. The first-order chi connectivity index (χ1) is 10.1. The van der Waals surface area contributed by atoms with Crippen LogP contribution in [-0.4, -0.2) is 31.3 Å². The van der Waals surface area contributed by atoms with E-state index in [0.29, 0.717) is 18.7 Å². The normalized spacial score (nSPS) is 19.5. The van der Waals surface area contributed by atoms with Gasteiger partial charge in [0.15, 0.2) is 0 Å². The average Bonchev–Trinajstić information content (AvgIpc) is 2.99. The van der Waals surface area contributed by atoms with E-state index in [0.717, 1.165) is 25.0 Å². The highest BCUT2D eigenvalue weighted by molar-refractivity contribution is 5.80. The minimum atomic E-state index is -0.518. The van der Waals surface area contributed by atoms with Gasteiger partial charge in [-0.05, 0) is 43.9 Å². The SMILES string of the molecule is Cc1cc(CNC(=O)[C@H](C)OC[C@H]2CCCO2)ccc1F. The molecule has 2 atom stereocenters. The summed E-state index contributed by atoms with van der Waals surface area (Å²) < 4.78 is 24.1. The lowest BCUT2D eigenvalue weighted by molar-refractivity contribution is -0.133. The lowest BCUT2D eigenvalue weighted by atomic mass is 10.1. The van der Waals surface area contributed by atoms with Crippen LogP contribution in [0.3, 0.4) is 0 Å². The molecule has 1 amide bonds. The third-order valence-electron chi connectivity index (χ3n) is 3.61. The summed E-state index contributed by atoms with van der Waals surface area (Å²) in [5.41, 5.74) is 1.44. The lowest BCUT2D eigenvalue weighted by Crippen LogP contribution is -2.35. The smallest absolute Gasteiger partial charge is 0.249 e. The van der Waals surface area contributed by atoms with Gasteiger partial charge in [-0.2, -0.15) is 0 Å². The van der Waals surface area contributed by atoms with Crippen LogP contribution in [0.1, 0.15) is 30.9 Å². The number of carbonyl (C=O) groups is 1. The molecule has 116 valence electrons. The topological polar surface area (TPSA) is 47.6 Å². The molecule has 1 aromatic rings. The minimum absolute atomic E-state index is 0.111. The summed E-state index contributed by atoms with van der Waals surface area (Å²) in [5.74, 6) is -0.409. The first-order valence-electron chi connectivity index (χ1n) is 7.32. The van der Waals surface area contributed by atoms with E-state index >= 15 is 0 Å². The maximum absolute atomic E-state index is 13.2. The number of hydrogen-bond donors (Lipinski definition) is 1. The fraction of sp³-hybridized carbons (Fsp3) is 0.562. The highest BCUT2D eigenvalue weighted by atomic mass is 19.1. The molecule has 1 fully saturated rings. The molecule has 1 heterocycles. The van der Waals surface area contributed by atoms with Crippen molar-refractivity contribution in [2.45, 2.75) is 45.4 Å². The number of amides is 1. The van der Waals surface area contributed by atoms with E-state index in [1.54, 1.807) is 26.0 Å².